The predicted octanol–water partition coefficient (Wildman–Crippen LogP) is 12.2. The molecule has 49 heavy (non-hydrogen) atoms. The molecule has 0 aliphatic heterocycles. The van der Waals surface area contributed by atoms with E-state index in [0.29, 0.717) is 5.82 Å². The SMILES string of the molecule is c1ccc(-c2nc(-c3ccncc3)cc(-c3cc(-c4ccccc4-c4ccccc4)cc(-c4cccc5c4sc4ccccc45)c3)n2)cc1. The average Bonchev–Trinajstić information content (AvgIpc) is 3.58. The van der Waals surface area contributed by atoms with Gasteiger partial charge in [0.25, 0.3) is 0 Å². The van der Waals surface area contributed by atoms with Crippen LogP contribution in [0.3, 0.4) is 0 Å². The third-order valence-corrected chi connectivity index (χ3v) is 10.2. The van der Waals surface area contributed by atoms with Gasteiger partial charge < -0.3 is 0 Å². The summed E-state index contributed by atoms with van der Waals surface area (Å²) in [5.74, 6) is 0.688. The standard InChI is InChI=1S/C45H29N3S/c1-3-12-30(13-4-1)36-16-7-8-17-37(36)33-26-34(38-19-11-20-40-39-18-9-10-21-43(39)49-44(38)40)28-35(27-33)42-29-41(31-22-24-46-25-23-31)47-45(48-42)32-14-5-2-6-15-32/h1-29H. The minimum atomic E-state index is 0.688. The lowest BCUT2D eigenvalue weighted by atomic mass is 9.90. The van der Waals surface area contributed by atoms with Gasteiger partial charge in [0.2, 0.25) is 0 Å². The Morgan fingerprint density at radius 2 is 0.918 bits per heavy atom. The van der Waals surface area contributed by atoms with E-state index < -0.39 is 0 Å². The Hall–Kier alpha value is -6.23. The van der Waals surface area contributed by atoms with Gasteiger partial charge in [-0.2, -0.15) is 0 Å². The second-order valence-corrected chi connectivity index (χ2v) is 13.1. The quantitative estimate of drug-likeness (QED) is 0.181. The van der Waals surface area contributed by atoms with Crippen LogP contribution in [0.15, 0.2) is 176 Å². The Labute approximate surface area is 288 Å². The van der Waals surface area contributed by atoms with E-state index >= 15 is 0 Å². The second kappa shape index (κ2) is 12.4. The molecule has 0 fully saturated rings. The number of benzene rings is 6. The lowest BCUT2D eigenvalue weighted by molar-refractivity contribution is 1.18. The van der Waals surface area contributed by atoms with Gasteiger partial charge in [-0.3, -0.25) is 4.98 Å². The molecule has 0 radical (unpaired) electrons. The molecule has 9 rings (SSSR count). The predicted molar refractivity (Wildman–Crippen MR) is 205 cm³/mol. The van der Waals surface area contributed by atoms with Gasteiger partial charge in [0, 0.05) is 49.3 Å². The first-order chi connectivity index (χ1) is 24.3. The molecule has 3 aromatic heterocycles. The summed E-state index contributed by atoms with van der Waals surface area (Å²) in [7, 11) is 0. The maximum atomic E-state index is 5.22. The number of nitrogens with zero attached hydrogens (tertiary/aromatic N) is 3. The molecule has 3 nitrogen and oxygen atoms in total. The number of rotatable bonds is 6. The minimum Gasteiger partial charge on any atom is -0.265 e. The molecule has 0 atom stereocenters. The van der Waals surface area contributed by atoms with Crippen LogP contribution in [0.2, 0.25) is 0 Å². The zero-order chi connectivity index (χ0) is 32.6. The molecule has 3 heterocycles. The summed E-state index contributed by atoms with van der Waals surface area (Å²) in [6.07, 6.45) is 3.62. The zero-order valence-corrected chi connectivity index (χ0v) is 27.3. The van der Waals surface area contributed by atoms with E-state index in [1.54, 1.807) is 0 Å². The van der Waals surface area contributed by atoms with Gasteiger partial charge in [-0.1, -0.05) is 121 Å². The first-order valence-corrected chi connectivity index (χ1v) is 17.2. The van der Waals surface area contributed by atoms with Crippen molar-refractivity contribution in [1.82, 2.24) is 15.0 Å². The monoisotopic (exact) mass is 643 g/mol. The van der Waals surface area contributed by atoms with Gasteiger partial charge >= 0.3 is 0 Å². The lowest BCUT2D eigenvalue weighted by Crippen LogP contribution is -1.97. The molecule has 0 aliphatic rings. The smallest absolute Gasteiger partial charge is 0.160 e. The Bertz CT molecular complexity index is 2540. The average molecular weight is 644 g/mol. The fourth-order valence-electron chi connectivity index (χ4n) is 6.65. The van der Waals surface area contributed by atoms with E-state index in [1.165, 1.54) is 42.4 Å². The molecule has 0 bridgehead atoms. The van der Waals surface area contributed by atoms with Crippen molar-refractivity contribution in [3.05, 3.63) is 176 Å². The van der Waals surface area contributed by atoms with Gasteiger partial charge in [0.1, 0.15) is 0 Å². The van der Waals surface area contributed by atoms with E-state index in [2.05, 4.69) is 138 Å². The molecule has 0 saturated heterocycles. The second-order valence-electron chi connectivity index (χ2n) is 12.1. The summed E-state index contributed by atoms with van der Waals surface area (Å²) in [5.41, 5.74) is 11.8. The summed E-state index contributed by atoms with van der Waals surface area (Å²) in [6, 6.07) is 57.9. The Kier molecular flexibility index (Phi) is 7.34. The number of pyridine rings is 1. The third-order valence-electron chi connectivity index (χ3n) is 9.00. The fourth-order valence-corrected chi connectivity index (χ4v) is 7.89. The third kappa shape index (κ3) is 5.48. The van der Waals surface area contributed by atoms with Crippen molar-refractivity contribution in [3.63, 3.8) is 0 Å². The van der Waals surface area contributed by atoms with Gasteiger partial charge in [0.15, 0.2) is 5.82 Å². The summed E-state index contributed by atoms with van der Waals surface area (Å²) < 4.78 is 2.58. The van der Waals surface area contributed by atoms with Crippen LogP contribution in [0, 0.1) is 0 Å². The first kappa shape index (κ1) is 29.0. The minimum absolute atomic E-state index is 0.688. The van der Waals surface area contributed by atoms with Crippen LogP contribution in [-0.4, -0.2) is 15.0 Å². The summed E-state index contributed by atoms with van der Waals surface area (Å²) >= 11 is 1.85. The van der Waals surface area contributed by atoms with E-state index in [4.69, 9.17) is 9.97 Å². The number of aromatic nitrogens is 3. The molecule has 0 N–H and O–H groups in total. The van der Waals surface area contributed by atoms with Crippen molar-refractivity contribution in [1.29, 1.82) is 0 Å². The van der Waals surface area contributed by atoms with Gasteiger partial charge in [-0.25, -0.2) is 9.97 Å². The number of thiophene rings is 1. The number of hydrogen-bond donors (Lipinski definition) is 0. The normalized spacial score (nSPS) is 11.3. The highest BCUT2D eigenvalue weighted by Crippen LogP contribution is 2.43. The van der Waals surface area contributed by atoms with Crippen LogP contribution in [0.1, 0.15) is 0 Å². The van der Waals surface area contributed by atoms with Crippen LogP contribution < -0.4 is 0 Å². The maximum absolute atomic E-state index is 5.22. The molecule has 230 valence electrons. The van der Waals surface area contributed by atoms with Crippen molar-refractivity contribution in [3.8, 4) is 67.3 Å². The lowest BCUT2D eigenvalue weighted by Gasteiger charge is -2.15. The van der Waals surface area contributed by atoms with Crippen molar-refractivity contribution < 1.29 is 0 Å². The van der Waals surface area contributed by atoms with Crippen molar-refractivity contribution in [2.45, 2.75) is 0 Å². The maximum Gasteiger partial charge on any atom is 0.160 e. The highest BCUT2D eigenvalue weighted by molar-refractivity contribution is 7.26. The zero-order valence-electron chi connectivity index (χ0n) is 26.5. The van der Waals surface area contributed by atoms with E-state index in [1.807, 2.05) is 54.1 Å². The van der Waals surface area contributed by atoms with Gasteiger partial charge in [0.05, 0.1) is 11.4 Å². The molecule has 0 amide bonds. The summed E-state index contributed by atoms with van der Waals surface area (Å²) in [6.45, 7) is 0. The largest absolute Gasteiger partial charge is 0.265 e. The van der Waals surface area contributed by atoms with Crippen LogP contribution in [0.25, 0.3) is 87.5 Å². The van der Waals surface area contributed by atoms with Crippen LogP contribution in [-0.2, 0) is 0 Å². The van der Waals surface area contributed by atoms with Crippen molar-refractivity contribution >= 4 is 31.5 Å². The van der Waals surface area contributed by atoms with Crippen molar-refractivity contribution in [2.24, 2.45) is 0 Å². The Morgan fingerprint density at radius 1 is 0.367 bits per heavy atom. The molecule has 6 aromatic carbocycles. The summed E-state index contributed by atoms with van der Waals surface area (Å²) in [4.78, 5) is 14.5. The molecule has 0 saturated carbocycles. The molecule has 0 aliphatic carbocycles. The molecular weight excluding hydrogens is 615 g/mol. The van der Waals surface area contributed by atoms with Gasteiger partial charge in [-0.15, -0.1) is 11.3 Å². The molecule has 0 unspecified atom stereocenters. The fraction of sp³-hybridized carbons (Fsp3) is 0. The van der Waals surface area contributed by atoms with Gasteiger partial charge in [-0.05, 0) is 75.8 Å². The summed E-state index contributed by atoms with van der Waals surface area (Å²) in [5, 5.41) is 2.57. The Morgan fingerprint density at radius 3 is 1.67 bits per heavy atom. The van der Waals surface area contributed by atoms with Crippen molar-refractivity contribution in [2.75, 3.05) is 0 Å². The first-order valence-electron chi connectivity index (χ1n) is 16.3. The molecule has 4 heteroatoms. The van der Waals surface area contributed by atoms with Crippen LogP contribution in [0.5, 0.6) is 0 Å². The number of fused-ring (bicyclic) bond motifs is 3. The van der Waals surface area contributed by atoms with Crippen LogP contribution >= 0.6 is 11.3 Å². The number of hydrogen-bond acceptors (Lipinski definition) is 4. The van der Waals surface area contributed by atoms with E-state index in [0.717, 1.165) is 39.2 Å². The highest BCUT2D eigenvalue weighted by atomic mass is 32.1. The highest BCUT2D eigenvalue weighted by Gasteiger charge is 2.17. The van der Waals surface area contributed by atoms with E-state index in [-0.39, 0.29) is 0 Å². The molecule has 9 aromatic rings. The molecule has 0 spiro atoms. The van der Waals surface area contributed by atoms with Crippen LogP contribution in [0.4, 0.5) is 0 Å². The van der Waals surface area contributed by atoms with E-state index in [9.17, 15) is 0 Å². The molecular formula is C45H29N3S. The Balaban J connectivity index is 1.32. The topological polar surface area (TPSA) is 38.7 Å².